The first kappa shape index (κ1) is 12.2. The molecule has 0 spiro atoms. The Hall–Kier alpha value is 0.160. The molecule has 0 fully saturated rings. The highest BCUT2D eigenvalue weighted by atomic mass is 32.1. The Balaban J connectivity index is 4.17. The van der Waals surface area contributed by atoms with E-state index in [1.807, 2.05) is 0 Å². The summed E-state index contributed by atoms with van der Waals surface area (Å²) in [7, 11) is -8.35. The van der Waals surface area contributed by atoms with Crippen molar-refractivity contribution in [3.05, 3.63) is 0 Å². The lowest BCUT2D eigenvalue weighted by Gasteiger charge is -2.08. The molecular weight excluding hydrogens is 231 g/mol. The van der Waals surface area contributed by atoms with Gasteiger partial charge in [0.25, 0.3) is 0 Å². The SMILES string of the molecule is N#CCOP(=O)(F)NP(=O)(F)P. The fourth-order valence-electron chi connectivity index (χ4n) is 0.304. The molecule has 70 valence electrons. The normalized spacial score (nSPS) is 20.5. The minimum atomic E-state index is -4.96. The molecule has 0 heterocycles. The van der Waals surface area contributed by atoms with Crippen LogP contribution in [-0.4, -0.2) is 6.61 Å². The van der Waals surface area contributed by atoms with Gasteiger partial charge < -0.3 is 0 Å². The van der Waals surface area contributed by atoms with E-state index in [4.69, 9.17) is 5.26 Å². The first-order valence-electron chi connectivity index (χ1n) is 2.46. The summed E-state index contributed by atoms with van der Waals surface area (Å²) in [6, 6.07) is 1.32. The van der Waals surface area contributed by atoms with Gasteiger partial charge in [0.2, 0.25) is 0 Å². The van der Waals surface area contributed by atoms with E-state index in [0.29, 0.717) is 0 Å². The Kier molecular flexibility index (Phi) is 4.47. The van der Waals surface area contributed by atoms with Crippen LogP contribution < -0.4 is 4.86 Å². The summed E-state index contributed by atoms with van der Waals surface area (Å²) < 4.78 is 48.9. The fourth-order valence-corrected chi connectivity index (χ4v) is 3.30. The Morgan fingerprint density at radius 1 is 1.58 bits per heavy atom. The molecule has 0 rings (SSSR count). The second kappa shape index (κ2) is 4.41. The topological polar surface area (TPSA) is 79.2 Å². The first-order valence-corrected chi connectivity index (χ1v) is 7.19. The number of nitrogens with zero attached hydrogens (tertiary/aromatic N) is 1. The van der Waals surface area contributed by atoms with Crippen molar-refractivity contribution in [1.82, 2.24) is 4.86 Å². The molecule has 0 aromatic rings. The number of hydrogen-bond donors (Lipinski definition) is 1. The van der Waals surface area contributed by atoms with Crippen molar-refractivity contribution in [1.29, 1.82) is 5.26 Å². The molecule has 3 atom stereocenters. The molecule has 0 aliphatic rings. The molecule has 1 N–H and O–H groups in total. The van der Waals surface area contributed by atoms with Gasteiger partial charge in [0.15, 0.2) is 0 Å². The van der Waals surface area contributed by atoms with E-state index in [1.54, 1.807) is 0 Å². The Bertz CT molecular complexity index is 282. The molecule has 3 unspecified atom stereocenters. The van der Waals surface area contributed by atoms with Crippen LogP contribution in [-0.2, 0) is 13.7 Å². The number of hydrogen-bond acceptors (Lipinski definition) is 4. The van der Waals surface area contributed by atoms with Crippen LogP contribution in [0.25, 0.3) is 0 Å². The van der Waals surface area contributed by atoms with E-state index in [9.17, 15) is 17.5 Å². The van der Waals surface area contributed by atoms with Crippen LogP contribution in [0, 0.1) is 11.3 Å². The molecule has 5 nitrogen and oxygen atoms in total. The largest absolute Gasteiger partial charge is 0.451 e. The van der Waals surface area contributed by atoms with E-state index in [-0.39, 0.29) is 0 Å². The van der Waals surface area contributed by atoms with Crippen molar-refractivity contribution in [2.24, 2.45) is 0 Å². The van der Waals surface area contributed by atoms with Gasteiger partial charge >= 0.3 is 15.1 Å². The van der Waals surface area contributed by atoms with Gasteiger partial charge in [-0.05, 0) is 8.93 Å². The maximum atomic E-state index is 12.4. The average molecular weight is 236 g/mol. The highest BCUT2D eigenvalue weighted by molar-refractivity contribution is 8.15. The van der Waals surface area contributed by atoms with Crippen molar-refractivity contribution >= 4 is 24.1 Å². The van der Waals surface area contributed by atoms with Crippen molar-refractivity contribution in [3.8, 4) is 6.07 Å². The van der Waals surface area contributed by atoms with E-state index in [0.717, 1.165) is 13.8 Å². The minimum absolute atomic E-state index is 0.814. The minimum Gasteiger partial charge on any atom is -0.278 e. The fraction of sp³-hybridized carbons (Fsp3) is 0.500. The van der Waals surface area contributed by atoms with Crippen LogP contribution in [0.2, 0.25) is 0 Å². The molecule has 0 bridgehead atoms. The summed E-state index contributed by atoms with van der Waals surface area (Å²) in [6.45, 7) is -0.814. The molecule has 0 saturated carbocycles. The molecule has 0 radical (unpaired) electrons. The van der Waals surface area contributed by atoms with Crippen molar-refractivity contribution < 1.29 is 22.0 Å². The molecular formula is C2H5F2N2O3P3. The zero-order chi connectivity index (χ0) is 9.83. The third-order valence-corrected chi connectivity index (χ3v) is 4.10. The maximum absolute atomic E-state index is 12.4. The second-order valence-corrected chi connectivity index (χ2v) is 6.75. The van der Waals surface area contributed by atoms with Crippen LogP contribution in [0.5, 0.6) is 0 Å². The highest BCUT2D eigenvalue weighted by Crippen LogP contribution is 2.62. The summed E-state index contributed by atoms with van der Waals surface area (Å²) in [5.74, 6) is 0. The lowest BCUT2D eigenvalue weighted by atomic mass is 10.9. The third-order valence-electron chi connectivity index (χ3n) is 0.551. The molecule has 0 aliphatic heterocycles. The molecule has 0 aromatic carbocycles. The summed E-state index contributed by atoms with van der Waals surface area (Å²) in [6.07, 6.45) is 0. The van der Waals surface area contributed by atoms with E-state index < -0.39 is 21.7 Å². The van der Waals surface area contributed by atoms with Crippen LogP contribution in [0.15, 0.2) is 0 Å². The van der Waals surface area contributed by atoms with E-state index in [2.05, 4.69) is 4.52 Å². The lowest BCUT2D eigenvalue weighted by molar-refractivity contribution is 0.320. The maximum Gasteiger partial charge on any atom is 0.451 e. The third kappa shape index (κ3) is 6.84. The zero-order valence-electron chi connectivity index (χ0n) is 5.61. The summed E-state index contributed by atoms with van der Waals surface area (Å²) >= 11 is 0. The van der Waals surface area contributed by atoms with Crippen LogP contribution in [0.1, 0.15) is 0 Å². The molecule has 0 saturated heterocycles. The van der Waals surface area contributed by atoms with Crippen LogP contribution in [0.3, 0.4) is 0 Å². The van der Waals surface area contributed by atoms with Crippen LogP contribution in [0.4, 0.5) is 8.39 Å². The number of rotatable bonds is 4. The average Bonchev–Trinajstić information content (AvgIpc) is 1.78. The van der Waals surface area contributed by atoms with Crippen molar-refractivity contribution in [3.63, 3.8) is 0 Å². The summed E-state index contributed by atoms with van der Waals surface area (Å²) in [5.41, 5.74) is 0. The predicted octanol–water partition coefficient (Wildman–Crippen LogP) is 2.15. The first-order chi connectivity index (χ1) is 5.27. The van der Waals surface area contributed by atoms with E-state index >= 15 is 0 Å². The predicted molar refractivity (Wildman–Crippen MR) is 41.8 cm³/mol. The van der Waals surface area contributed by atoms with Gasteiger partial charge in [-0.2, -0.15) is 9.46 Å². The van der Waals surface area contributed by atoms with Crippen molar-refractivity contribution in [2.75, 3.05) is 6.61 Å². The number of nitriles is 1. The Labute approximate surface area is 69.7 Å². The van der Waals surface area contributed by atoms with Gasteiger partial charge in [-0.1, -0.05) is 0 Å². The molecule has 12 heavy (non-hydrogen) atoms. The zero-order valence-corrected chi connectivity index (χ0v) is 8.55. The lowest BCUT2D eigenvalue weighted by Crippen LogP contribution is -2.01. The van der Waals surface area contributed by atoms with Gasteiger partial charge in [-0.15, -0.1) is 9.05 Å². The quantitative estimate of drug-likeness (QED) is 0.756. The van der Waals surface area contributed by atoms with E-state index in [1.165, 1.54) is 6.07 Å². The van der Waals surface area contributed by atoms with Crippen molar-refractivity contribution in [2.45, 2.75) is 0 Å². The van der Waals surface area contributed by atoms with Gasteiger partial charge in [0.1, 0.15) is 6.61 Å². The Morgan fingerprint density at radius 2 is 2.08 bits per heavy atom. The molecule has 0 aliphatic carbocycles. The van der Waals surface area contributed by atoms with Gasteiger partial charge in [-0.25, -0.2) is 4.57 Å². The second-order valence-electron chi connectivity index (χ2n) is 1.59. The standard InChI is InChI=1S/C2H5F2N2O3P3/c3-11(7,9-2-1-5)6-12(4,8)10/h2,10H2,(H,6,7,8). The van der Waals surface area contributed by atoms with Crippen LogP contribution >= 0.6 is 24.1 Å². The number of nitrogens with one attached hydrogen (secondary N) is 1. The molecule has 0 aromatic heterocycles. The summed E-state index contributed by atoms with van der Waals surface area (Å²) in [5, 5.41) is 7.87. The van der Waals surface area contributed by atoms with Gasteiger partial charge in [0.05, 0.1) is 6.07 Å². The van der Waals surface area contributed by atoms with Gasteiger partial charge in [-0.3, -0.25) is 9.09 Å². The molecule has 10 heteroatoms. The summed E-state index contributed by atoms with van der Waals surface area (Å²) in [4.78, 5) is 0.998. The monoisotopic (exact) mass is 236 g/mol. The number of halogens is 2. The van der Waals surface area contributed by atoms with Gasteiger partial charge in [0, 0.05) is 0 Å². The molecule has 0 amide bonds. The smallest absolute Gasteiger partial charge is 0.278 e. The Morgan fingerprint density at radius 3 is 2.42 bits per heavy atom. The highest BCUT2D eigenvalue weighted by Gasteiger charge is 2.30.